The Morgan fingerprint density at radius 3 is 2.07 bits per heavy atom. The molecule has 0 unspecified atom stereocenters. The van der Waals surface area contributed by atoms with E-state index in [4.69, 9.17) is 0 Å². The van der Waals surface area contributed by atoms with E-state index in [0.29, 0.717) is 0 Å². The molecule has 130 valence electrons. The molecule has 27 heavy (non-hydrogen) atoms. The number of fused-ring (bicyclic) bond motifs is 6. The van der Waals surface area contributed by atoms with Crippen LogP contribution in [0.2, 0.25) is 0 Å². The van der Waals surface area contributed by atoms with Gasteiger partial charge in [-0.3, -0.25) is 9.97 Å². The number of benzene rings is 2. The summed E-state index contributed by atoms with van der Waals surface area (Å²) in [4.78, 5) is 8.73. The van der Waals surface area contributed by atoms with Crippen molar-refractivity contribution >= 4 is 38.1 Å². The summed E-state index contributed by atoms with van der Waals surface area (Å²) in [7, 11) is 0. The molecule has 0 saturated heterocycles. The maximum atomic E-state index is 4.37. The van der Waals surface area contributed by atoms with Gasteiger partial charge in [0.1, 0.15) is 0 Å². The molecule has 0 radical (unpaired) electrons. The van der Waals surface area contributed by atoms with Crippen LogP contribution in [0.4, 0.5) is 0 Å². The van der Waals surface area contributed by atoms with Crippen molar-refractivity contribution in [3.63, 3.8) is 0 Å². The molecule has 0 aliphatic carbocycles. The Morgan fingerprint density at radius 1 is 0.667 bits per heavy atom. The van der Waals surface area contributed by atoms with Gasteiger partial charge >= 0.3 is 0 Å². The van der Waals surface area contributed by atoms with Gasteiger partial charge in [0.2, 0.25) is 0 Å². The summed E-state index contributed by atoms with van der Waals surface area (Å²) in [5.41, 5.74) is 6.02. The summed E-state index contributed by atoms with van der Waals surface area (Å²) in [6, 6.07) is 19.3. The van der Waals surface area contributed by atoms with Gasteiger partial charge in [0.05, 0.1) is 28.9 Å². The number of pyridine rings is 2. The second-order valence-electron chi connectivity index (χ2n) is 6.37. The van der Waals surface area contributed by atoms with Crippen LogP contribution in [0.5, 0.6) is 0 Å². The summed E-state index contributed by atoms with van der Waals surface area (Å²) >= 11 is 0. The lowest BCUT2D eigenvalue weighted by Crippen LogP contribution is -1.81. The molecular weight excluding hydrogens is 330 g/mol. The van der Waals surface area contributed by atoms with Crippen LogP contribution < -0.4 is 0 Å². The van der Waals surface area contributed by atoms with Gasteiger partial charge < -0.3 is 4.40 Å². The van der Waals surface area contributed by atoms with E-state index in [2.05, 4.69) is 69.0 Å². The first-order valence-electron chi connectivity index (χ1n) is 9.35. The standard InChI is InChI=1S/C22H13N3.C2H6/c1-2-4-14(5-3-1)15-6-7-17-16-8-10-23-12-19(16)25-20-13-24-11-9-18(20)21(15)22(17)25;1-2/h1-13H;1-2H3. The third-order valence-electron chi connectivity index (χ3n) is 5.13. The largest absolute Gasteiger partial charge is 0.305 e. The Bertz CT molecular complexity index is 1380. The van der Waals surface area contributed by atoms with Crippen molar-refractivity contribution in [1.82, 2.24) is 14.4 Å². The maximum absolute atomic E-state index is 4.37. The highest BCUT2D eigenvalue weighted by molar-refractivity contribution is 6.26. The minimum atomic E-state index is 1.13. The summed E-state index contributed by atoms with van der Waals surface area (Å²) in [6.45, 7) is 4.00. The molecule has 2 aromatic carbocycles. The van der Waals surface area contributed by atoms with E-state index in [1.807, 2.05) is 38.6 Å². The smallest absolute Gasteiger partial charge is 0.0725 e. The fourth-order valence-electron chi connectivity index (χ4n) is 4.11. The summed E-state index contributed by atoms with van der Waals surface area (Å²) < 4.78 is 2.31. The zero-order valence-corrected chi connectivity index (χ0v) is 15.3. The first kappa shape index (κ1) is 15.8. The van der Waals surface area contributed by atoms with E-state index in [-0.39, 0.29) is 0 Å². The zero-order valence-electron chi connectivity index (χ0n) is 15.3. The topological polar surface area (TPSA) is 30.2 Å². The third-order valence-corrected chi connectivity index (χ3v) is 5.13. The van der Waals surface area contributed by atoms with Gasteiger partial charge in [-0.2, -0.15) is 0 Å². The van der Waals surface area contributed by atoms with Crippen molar-refractivity contribution in [3.05, 3.63) is 79.4 Å². The molecule has 0 N–H and O–H groups in total. The lowest BCUT2D eigenvalue weighted by Gasteiger charge is -2.05. The van der Waals surface area contributed by atoms with Gasteiger partial charge in [-0.15, -0.1) is 0 Å². The molecule has 0 amide bonds. The lowest BCUT2D eigenvalue weighted by molar-refractivity contribution is 1.27. The van der Waals surface area contributed by atoms with Crippen molar-refractivity contribution in [2.45, 2.75) is 13.8 Å². The Hall–Kier alpha value is -3.46. The van der Waals surface area contributed by atoms with Gasteiger partial charge in [0.15, 0.2) is 0 Å². The highest BCUT2D eigenvalue weighted by Crippen LogP contribution is 2.42. The Labute approximate surface area is 157 Å². The van der Waals surface area contributed by atoms with Gasteiger partial charge in [-0.25, -0.2) is 0 Å². The number of rotatable bonds is 1. The van der Waals surface area contributed by atoms with Crippen molar-refractivity contribution in [1.29, 1.82) is 0 Å². The molecule has 4 aromatic heterocycles. The molecule has 0 aliphatic heterocycles. The van der Waals surface area contributed by atoms with Crippen LogP contribution in [-0.4, -0.2) is 14.4 Å². The van der Waals surface area contributed by atoms with Crippen LogP contribution in [0, 0.1) is 0 Å². The van der Waals surface area contributed by atoms with Gasteiger partial charge in [-0.1, -0.05) is 56.3 Å². The van der Waals surface area contributed by atoms with E-state index in [9.17, 15) is 0 Å². The molecule has 0 spiro atoms. The van der Waals surface area contributed by atoms with Gasteiger partial charge in [-0.05, 0) is 23.3 Å². The lowest BCUT2D eigenvalue weighted by atomic mass is 9.98. The summed E-state index contributed by atoms with van der Waals surface area (Å²) in [5.74, 6) is 0. The molecule has 3 nitrogen and oxygen atoms in total. The summed E-state index contributed by atoms with van der Waals surface area (Å²) in [6.07, 6.45) is 7.64. The highest BCUT2D eigenvalue weighted by atomic mass is 14.9. The molecular formula is C24H19N3. The zero-order chi connectivity index (χ0) is 18.4. The van der Waals surface area contributed by atoms with Crippen LogP contribution in [0.25, 0.3) is 49.2 Å². The van der Waals surface area contributed by atoms with Gasteiger partial charge in [0.25, 0.3) is 0 Å². The van der Waals surface area contributed by atoms with E-state index in [1.54, 1.807) is 0 Å². The minimum absolute atomic E-state index is 1.13. The average molecular weight is 349 g/mol. The molecule has 0 bridgehead atoms. The molecule has 6 aromatic rings. The predicted molar refractivity (Wildman–Crippen MR) is 113 cm³/mol. The monoisotopic (exact) mass is 349 g/mol. The Balaban J connectivity index is 0.000000777. The summed E-state index contributed by atoms with van der Waals surface area (Å²) in [5, 5.41) is 5.03. The molecule has 6 rings (SSSR count). The number of hydrogen-bond acceptors (Lipinski definition) is 2. The molecule has 4 heterocycles. The van der Waals surface area contributed by atoms with E-state index >= 15 is 0 Å². The number of aromatic nitrogens is 3. The van der Waals surface area contributed by atoms with Crippen LogP contribution in [0.1, 0.15) is 13.8 Å². The van der Waals surface area contributed by atoms with Crippen molar-refractivity contribution in [3.8, 4) is 11.1 Å². The first-order chi connectivity index (χ1) is 13.4. The van der Waals surface area contributed by atoms with Crippen LogP contribution in [0.3, 0.4) is 0 Å². The van der Waals surface area contributed by atoms with Crippen molar-refractivity contribution < 1.29 is 0 Å². The molecule has 3 heteroatoms. The quantitative estimate of drug-likeness (QED) is 0.348. The second-order valence-corrected chi connectivity index (χ2v) is 6.37. The number of hydrogen-bond donors (Lipinski definition) is 0. The SMILES string of the molecule is CC.c1ccc(-c2ccc3c4ccncc4n4c5cnccc5c2c34)cc1. The van der Waals surface area contributed by atoms with Crippen LogP contribution >= 0.6 is 0 Å². The highest BCUT2D eigenvalue weighted by Gasteiger charge is 2.20. The van der Waals surface area contributed by atoms with E-state index in [0.717, 1.165) is 11.0 Å². The second kappa shape index (κ2) is 6.06. The normalized spacial score (nSPS) is 11.3. The fraction of sp³-hybridized carbons (Fsp3) is 0.0833. The minimum Gasteiger partial charge on any atom is -0.305 e. The van der Waals surface area contributed by atoms with Crippen LogP contribution in [0.15, 0.2) is 79.4 Å². The first-order valence-corrected chi connectivity index (χ1v) is 9.35. The van der Waals surface area contributed by atoms with E-state index in [1.165, 1.54) is 38.2 Å². The fourth-order valence-corrected chi connectivity index (χ4v) is 4.11. The van der Waals surface area contributed by atoms with Crippen molar-refractivity contribution in [2.24, 2.45) is 0 Å². The Morgan fingerprint density at radius 2 is 1.33 bits per heavy atom. The Kier molecular flexibility index (Phi) is 3.54. The molecule has 0 aliphatic rings. The molecule has 0 fully saturated rings. The average Bonchev–Trinajstić information content (AvgIpc) is 3.28. The van der Waals surface area contributed by atoms with Gasteiger partial charge in [0, 0.05) is 33.9 Å². The predicted octanol–water partition coefficient (Wildman–Crippen LogP) is 6.32. The number of nitrogens with zero attached hydrogens (tertiary/aromatic N) is 3. The third kappa shape index (κ3) is 2.08. The van der Waals surface area contributed by atoms with Crippen LogP contribution in [-0.2, 0) is 0 Å². The maximum Gasteiger partial charge on any atom is 0.0725 e. The molecule has 0 saturated carbocycles. The van der Waals surface area contributed by atoms with E-state index < -0.39 is 0 Å². The molecule has 0 atom stereocenters. The van der Waals surface area contributed by atoms with Crippen molar-refractivity contribution in [2.75, 3.05) is 0 Å².